The molecule has 0 atom stereocenters. The highest BCUT2D eigenvalue weighted by molar-refractivity contribution is 7.22. The van der Waals surface area contributed by atoms with E-state index in [-0.39, 0.29) is 27.3 Å². The summed E-state index contributed by atoms with van der Waals surface area (Å²) in [5, 5.41) is 5.90. The molecule has 1 aliphatic heterocycles. The second kappa shape index (κ2) is 9.16. The number of fused-ring (bicyclic) bond motifs is 3. The van der Waals surface area contributed by atoms with Crippen molar-refractivity contribution in [3.8, 4) is 0 Å². The van der Waals surface area contributed by atoms with Crippen LogP contribution in [0.1, 0.15) is 31.8 Å². The highest BCUT2D eigenvalue weighted by atomic mass is 32.1. The Kier molecular flexibility index (Phi) is 5.65. The molecule has 10 heteroatoms. The van der Waals surface area contributed by atoms with E-state index in [1.54, 1.807) is 48.5 Å². The fourth-order valence-corrected chi connectivity index (χ4v) is 5.26. The first-order valence-electron chi connectivity index (χ1n) is 11.6. The van der Waals surface area contributed by atoms with Crippen LogP contribution in [0.25, 0.3) is 21.2 Å². The Morgan fingerprint density at radius 1 is 1.03 bits per heavy atom. The smallest absolute Gasteiger partial charge is 0.269 e. The van der Waals surface area contributed by atoms with Gasteiger partial charge in [0, 0.05) is 0 Å². The maximum Gasteiger partial charge on any atom is 0.269 e. The van der Waals surface area contributed by atoms with Crippen LogP contribution in [0.3, 0.4) is 0 Å². The molecule has 0 unspecified atom stereocenters. The van der Waals surface area contributed by atoms with Crippen LogP contribution in [0.4, 0.5) is 5.13 Å². The average molecular weight is 523 g/mol. The number of carbonyl (C=O) groups is 3. The number of hydrogen-bond acceptors (Lipinski definition) is 8. The minimum Gasteiger partial charge on any atom is -0.463 e. The molecule has 0 saturated heterocycles. The average Bonchev–Trinajstić information content (AvgIpc) is 3.44. The minimum absolute atomic E-state index is 0.124. The van der Waals surface area contributed by atoms with Gasteiger partial charge in [-0.15, -0.1) is 0 Å². The quantitative estimate of drug-likeness (QED) is 0.192. The molecule has 0 fully saturated rings. The Bertz CT molecular complexity index is 1840. The van der Waals surface area contributed by atoms with Crippen molar-refractivity contribution in [3.05, 3.63) is 105 Å². The molecule has 3 aromatic carbocycles. The number of para-hydroxylation sites is 1. The molecule has 3 heterocycles. The lowest BCUT2D eigenvalue weighted by Crippen LogP contribution is -2.41. The number of rotatable bonds is 5. The van der Waals surface area contributed by atoms with Gasteiger partial charge in [0.1, 0.15) is 18.4 Å². The van der Waals surface area contributed by atoms with Gasteiger partial charge in [-0.25, -0.2) is 4.98 Å². The molecule has 9 nitrogen and oxygen atoms in total. The molecule has 0 bridgehead atoms. The number of benzene rings is 3. The van der Waals surface area contributed by atoms with Crippen molar-refractivity contribution in [2.75, 3.05) is 11.6 Å². The summed E-state index contributed by atoms with van der Waals surface area (Å²) in [4.78, 5) is 57.6. The largest absolute Gasteiger partial charge is 0.463 e. The number of thiazole rings is 1. The highest BCUT2D eigenvalue weighted by Crippen LogP contribution is 2.30. The van der Waals surface area contributed by atoms with E-state index in [1.807, 2.05) is 25.1 Å². The van der Waals surface area contributed by atoms with Gasteiger partial charge in [0.15, 0.2) is 0 Å². The van der Waals surface area contributed by atoms with Gasteiger partial charge in [0.2, 0.25) is 10.6 Å². The fraction of sp³-hybridized carbons (Fsp3) is 0.0714. The third-order valence-electron chi connectivity index (χ3n) is 6.14. The molecule has 6 rings (SSSR count). The molecule has 0 aliphatic carbocycles. The van der Waals surface area contributed by atoms with Crippen LogP contribution in [0, 0.1) is 6.92 Å². The SMILES string of the molecule is Cc1ccc2nc(N(/N=C/c3coc4ccccc4c3=O)C(=O)CN3C(=O)c4ccccc4C3=O)sc2c1. The van der Waals surface area contributed by atoms with Gasteiger partial charge in [-0.2, -0.15) is 10.1 Å². The van der Waals surface area contributed by atoms with Crippen molar-refractivity contribution >= 4 is 61.6 Å². The lowest BCUT2D eigenvalue weighted by molar-refractivity contribution is -0.118. The normalized spacial score (nSPS) is 13.1. The number of aryl methyl sites for hydroxylation is 1. The minimum atomic E-state index is -0.670. The zero-order chi connectivity index (χ0) is 26.4. The summed E-state index contributed by atoms with van der Waals surface area (Å²) >= 11 is 1.23. The van der Waals surface area contributed by atoms with Gasteiger partial charge in [-0.1, -0.05) is 41.7 Å². The first kappa shape index (κ1) is 23.4. The summed E-state index contributed by atoms with van der Waals surface area (Å²) < 4.78 is 6.38. The number of amides is 3. The van der Waals surface area contributed by atoms with Crippen LogP contribution in [-0.2, 0) is 4.79 Å². The van der Waals surface area contributed by atoms with Gasteiger partial charge in [0.05, 0.1) is 38.5 Å². The predicted molar refractivity (Wildman–Crippen MR) is 144 cm³/mol. The molecule has 1 aliphatic rings. The number of anilines is 1. The van der Waals surface area contributed by atoms with Gasteiger partial charge in [0.25, 0.3) is 17.7 Å². The standard InChI is InChI=1S/C28H18N4O5S/c1-16-10-11-21-23(12-16)38-28(30-21)32(29-13-17-15-37-22-9-5-4-8-20(22)25(17)34)24(33)14-31-26(35)18-6-2-3-7-19(18)27(31)36/h2-13,15H,14H2,1H3/b29-13+. The maximum absolute atomic E-state index is 13.5. The number of hydrogen-bond donors (Lipinski definition) is 0. The van der Waals surface area contributed by atoms with E-state index >= 15 is 0 Å². The zero-order valence-corrected chi connectivity index (χ0v) is 20.8. The summed E-state index contributed by atoms with van der Waals surface area (Å²) in [5.41, 5.74) is 2.40. The summed E-state index contributed by atoms with van der Waals surface area (Å²) in [7, 11) is 0. The van der Waals surface area contributed by atoms with Gasteiger partial charge in [-0.3, -0.25) is 24.1 Å². The Morgan fingerprint density at radius 2 is 1.74 bits per heavy atom. The van der Waals surface area contributed by atoms with Crippen molar-refractivity contribution < 1.29 is 18.8 Å². The second-order valence-electron chi connectivity index (χ2n) is 8.68. The fourth-order valence-electron chi connectivity index (χ4n) is 4.22. The van der Waals surface area contributed by atoms with E-state index in [2.05, 4.69) is 10.1 Å². The third-order valence-corrected chi connectivity index (χ3v) is 7.13. The van der Waals surface area contributed by atoms with Crippen molar-refractivity contribution in [3.63, 3.8) is 0 Å². The summed E-state index contributed by atoms with van der Waals surface area (Å²) in [5.74, 6) is -1.78. The molecule has 186 valence electrons. The number of imide groups is 1. The Balaban J connectivity index is 1.38. The van der Waals surface area contributed by atoms with E-state index < -0.39 is 24.3 Å². The summed E-state index contributed by atoms with van der Waals surface area (Å²) in [6, 6.07) is 18.9. The molecule has 3 amide bonds. The highest BCUT2D eigenvalue weighted by Gasteiger charge is 2.37. The first-order valence-corrected chi connectivity index (χ1v) is 12.4. The molecule has 0 radical (unpaired) electrons. The van der Waals surface area contributed by atoms with Crippen LogP contribution in [0.2, 0.25) is 0 Å². The predicted octanol–water partition coefficient (Wildman–Crippen LogP) is 4.37. The molecular weight excluding hydrogens is 504 g/mol. The molecule has 0 spiro atoms. The van der Waals surface area contributed by atoms with Crippen LogP contribution in [0.5, 0.6) is 0 Å². The topological polar surface area (TPSA) is 113 Å². The number of hydrazone groups is 1. The van der Waals surface area contributed by atoms with Crippen LogP contribution >= 0.6 is 11.3 Å². The van der Waals surface area contributed by atoms with Crippen LogP contribution < -0.4 is 10.4 Å². The van der Waals surface area contributed by atoms with Crippen molar-refractivity contribution in [1.82, 2.24) is 9.88 Å². The number of aromatic nitrogens is 1. The molecule has 38 heavy (non-hydrogen) atoms. The van der Waals surface area contributed by atoms with E-state index in [1.165, 1.54) is 23.8 Å². The monoisotopic (exact) mass is 522 g/mol. The van der Waals surface area contributed by atoms with Crippen molar-refractivity contribution in [1.29, 1.82) is 0 Å². The second-order valence-corrected chi connectivity index (χ2v) is 9.69. The number of nitrogens with zero attached hydrogens (tertiary/aromatic N) is 4. The van der Waals surface area contributed by atoms with Crippen LogP contribution in [0.15, 0.2) is 87.3 Å². The van der Waals surface area contributed by atoms with E-state index in [9.17, 15) is 19.2 Å². The molecule has 5 aromatic rings. The first-order chi connectivity index (χ1) is 18.4. The van der Waals surface area contributed by atoms with Crippen LogP contribution in [-0.4, -0.2) is 40.4 Å². The summed E-state index contributed by atoms with van der Waals surface area (Å²) in [6.45, 7) is 1.39. The molecule has 0 N–H and O–H groups in total. The Hall–Kier alpha value is -4.96. The van der Waals surface area contributed by atoms with Crippen molar-refractivity contribution in [2.24, 2.45) is 5.10 Å². The Morgan fingerprint density at radius 3 is 2.50 bits per heavy atom. The molecular formula is C28H18N4O5S. The van der Waals surface area contributed by atoms with Crippen molar-refractivity contribution in [2.45, 2.75) is 6.92 Å². The molecule has 2 aromatic heterocycles. The van der Waals surface area contributed by atoms with Gasteiger partial charge < -0.3 is 4.42 Å². The third kappa shape index (κ3) is 3.97. The summed E-state index contributed by atoms with van der Waals surface area (Å²) in [6.07, 6.45) is 2.48. The maximum atomic E-state index is 13.5. The molecule has 0 saturated carbocycles. The lowest BCUT2D eigenvalue weighted by Gasteiger charge is -2.18. The van der Waals surface area contributed by atoms with E-state index in [0.717, 1.165) is 20.2 Å². The zero-order valence-electron chi connectivity index (χ0n) is 20.0. The van der Waals surface area contributed by atoms with E-state index in [0.29, 0.717) is 16.5 Å². The Labute approximate surface area is 219 Å². The van der Waals surface area contributed by atoms with E-state index in [4.69, 9.17) is 4.42 Å². The lowest BCUT2D eigenvalue weighted by atomic mass is 10.1. The number of carbonyl (C=O) groups excluding carboxylic acids is 3. The van der Waals surface area contributed by atoms with Gasteiger partial charge in [-0.05, 0) is 48.9 Å². The van der Waals surface area contributed by atoms with Gasteiger partial charge >= 0.3 is 0 Å².